The van der Waals surface area contributed by atoms with E-state index in [2.05, 4.69) is 36.6 Å². The summed E-state index contributed by atoms with van der Waals surface area (Å²) in [6.45, 7) is 1.99. The van der Waals surface area contributed by atoms with Gasteiger partial charge in [0.25, 0.3) is 5.91 Å². The van der Waals surface area contributed by atoms with E-state index in [0.29, 0.717) is 16.7 Å². The number of carbonyl (C=O) groups excluding carboxylic acids is 1. The summed E-state index contributed by atoms with van der Waals surface area (Å²) in [5.41, 5.74) is 0. The van der Waals surface area contributed by atoms with E-state index in [1.807, 2.05) is 11.4 Å². The molecule has 2 N–H and O–H groups in total. The van der Waals surface area contributed by atoms with Gasteiger partial charge >= 0.3 is 0 Å². The molecule has 0 aromatic carbocycles. The standard InChI is InChI=1S/C13H16BrN5OS.ClH/c1-19-13(17-12(20)10-9(14)4-7-21-10)16-11(18-19)8-2-5-15-6-3-8;/h4,7-8,15H,2-3,5-6H2,1H3,(H,16,17,18,20);1H. The quantitative estimate of drug-likeness (QED) is 0.822. The maximum absolute atomic E-state index is 12.2. The first-order valence-corrected chi connectivity index (χ1v) is 8.48. The molecule has 3 heterocycles. The van der Waals surface area contributed by atoms with Crippen LogP contribution in [0.25, 0.3) is 0 Å². The first kappa shape index (κ1) is 17.4. The number of thiophene rings is 1. The minimum atomic E-state index is -0.163. The molecule has 0 atom stereocenters. The van der Waals surface area contributed by atoms with Crippen LogP contribution >= 0.6 is 39.7 Å². The number of carbonyl (C=O) groups is 1. The van der Waals surface area contributed by atoms with Crippen LogP contribution < -0.4 is 10.6 Å². The number of nitrogens with one attached hydrogen (secondary N) is 2. The third-order valence-corrected chi connectivity index (χ3v) is 5.37. The summed E-state index contributed by atoms with van der Waals surface area (Å²) in [6, 6.07) is 1.86. The maximum Gasteiger partial charge on any atom is 0.269 e. The lowest BCUT2D eigenvalue weighted by Crippen LogP contribution is -2.27. The number of nitrogens with zero attached hydrogens (tertiary/aromatic N) is 3. The van der Waals surface area contributed by atoms with Gasteiger partial charge in [-0.05, 0) is 53.3 Å². The van der Waals surface area contributed by atoms with Crippen LogP contribution in [0.2, 0.25) is 0 Å². The summed E-state index contributed by atoms with van der Waals surface area (Å²) in [5, 5.41) is 12.5. The summed E-state index contributed by atoms with van der Waals surface area (Å²) in [4.78, 5) is 17.3. The Morgan fingerprint density at radius 1 is 1.50 bits per heavy atom. The highest BCUT2D eigenvalue weighted by atomic mass is 79.9. The van der Waals surface area contributed by atoms with Gasteiger partial charge in [-0.25, -0.2) is 4.68 Å². The molecule has 1 amide bonds. The minimum Gasteiger partial charge on any atom is -0.317 e. The van der Waals surface area contributed by atoms with E-state index >= 15 is 0 Å². The fourth-order valence-corrected chi connectivity index (χ4v) is 3.83. The molecule has 6 nitrogen and oxygen atoms in total. The molecule has 120 valence electrons. The van der Waals surface area contributed by atoms with Crippen molar-refractivity contribution in [2.45, 2.75) is 18.8 Å². The second kappa shape index (κ2) is 7.54. The second-order valence-corrected chi connectivity index (χ2v) is 6.76. The number of aromatic nitrogens is 3. The van der Waals surface area contributed by atoms with Crippen LogP contribution in [-0.4, -0.2) is 33.8 Å². The van der Waals surface area contributed by atoms with Gasteiger partial charge in [0.2, 0.25) is 5.95 Å². The average molecular weight is 407 g/mol. The fraction of sp³-hybridized carbons (Fsp3) is 0.462. The van der Waals surface area contributed by atoms with Crippen LogP contribution in [0.4, 0.5) is 5.95 Å². The van der Waals surface area contributed by atoms with Crippen LogP contribution in [0.15, 0.2) is 15.9 Å². The monoisotopic (exact) mass is 405 g/mol. The fourth-order valence-electron chi connectivity index (χ4n) is 2.38. The Morgan fingerprint density at radius 2 is 2.23 bits per heavy atom. The highest BCUT2D eigenvalue weighted by Crippen LogP contribution is 2.25. The largest absolute Gasteiger partial charge is 0.317 e. The number of anilines is 1. The summed E-state index contributed by atoms with van der Waals surface area (Å²) < 4.78 is 2.43. The van der Waals surface area contributed by atoms with Crippen molar-refractivity contribution in [2.75, 3.05) is 18.4 Å². The Hall–Kier alpha value is -0.960. The lowest BCUT2D eigenvalue weighted by molar-refractivity contribution is 0.102. The predicted octanol–water partition coefficient (Wildman–Crippen LogP) is 2.78. The maximum atomic E-state index is 12.2. The van der Waals surface area contributed by atoms with E-state index in [9.17, 15) is 4.79 Å². The molecular formula is C13H17BrClN5OS. The summed E-state index contributed by atoms with van der Waals surface area (Å²) in [6.07, 6.45) is 2.07. The normalized spacial score (nSPS) is 15.4. The van der Waals surface area contributed by atoms with Crippen LogP contribution in [0, 0.1) is 0 Å². The molecule has 3 rings (SSSR count). The molecule has 0 aliphatic carbocycles. The van der Waals surface area contributed by atoms with Crippen molar-refractivity contribution >= 4 is 51.5 Å². The Labute approximate surface area is 147 Å². The number of rotatable bonds is 3. The number of hydrogen-bond donors (Lipinski definition) is 2. The van der Waals surface area contributed by atoms with Crippen molar-refractivity contribution < 1.29 is 4.79 Å². The lowest BCUT2D eigenvalue weighted by Gasteiger charge is -2.19. The molecule has 0 bridgehead atoms. The average Bonchev–Trinajstić information content (AvgIpc) is 3.07. The van der Waals surface area contributed by atoms with E-state index in [1.165, 1.54) is 11.3 Å². The zero-order chi connectivity index (χ0) is 14.8. The topological polar surface area (TPSA) is 71.8 Å². The van der Waals surface area contributed by atoms with Crippen LogP contribution in [-0.2, 0) is 7.05 Å². The number of aryl methyl sites for hydroxylation is 1. The molecule has 2 aromatic rings. The highest BCUT2D eigenvalue weighted by Gasteiger charge is 2.22. The summed E-state index contributed by atoms with van der Waals surface area (Å²) in [7, 11) is 1.80. The first-order chi connectivity index (χ1) is 10.1. The Kier molecular flexibility index (Phi) is 5.96. The number of halogens is 2. The third kappa shape index (κ3) is 3.68. The smallest absolute Gasteiger partial charge is 0.269 e. The van der Waals surface area contributed by atoms with E-state index < -0.39 is 0 Å². The van der Waals surface area contributed by atoms with Crippen LogP contribution in [0.5, 0.6) is 0 Å². The van der Waals surface area contributed by atoms with Crippen molar-refractivity contribution in [1.29, 1.82) is 0 Å². The van der Waals surface area contributed by atoms with Crippen molar-refractivity contribution in [3.05, 3.63) is 26.6 Å². The predicted molar refractivity (Wildman–Crippen MR) is 93.1 cm³/mol. The number of amides is 1. The molecule has 9 heteroatoms. The first-order valence-electron chi connectivity index (χ1n) is 6.81. The molecule has 1 aliphatic heterocycles. The third-order valence-electron chi connectivity index (χ3n) is 3.53. The van der Waals surface area contributed by atoms with Gasteiger partial charge in [0.05, 0.1) is 0 Å². The van der Waals surface area contributed by atoms with E-state index in [-0.39, 0.29) is 18.3 Å². The zero-order valence-corrected chi connectivity index (χ0v) is 15.2. The molecule has 1 saturated heterocycles. The van der Waals surface area contributed by atoms with E-state index in [0.717, 1.165) is 36.2 Å². The van der Waals surface area contributed by atoms with Gasteiger partial charge < -0.3 is 5.32 Å². The van der Waals surface area contributed by atoms with Crippen LogP contribution in [0.1, 0.15) is 34.3 Å². The van der Waals surface area contributed by atoms with Gasteiger partial charge in [-0.15, -0.1) is 23.7 Å². The number of hydrogen-bond acceptors (Lipinski definition) is 5. The van der Waals surface area contributed by atoms with Gasteiger partial charge in [0.1, 0.15) is 4.88 Å². The van der Waals surface area contributed by atoms with Crippen molar-refractivity contribution in [3.63, 3.8) is 0 Å². The Balaban J connectivity index is 0.00000176. The summed E-state index contributed by atoms with van der Waals surface area (Å²) in [5.74, 6) is 1.52. The van der Waals surface area contributed by atoms with Crippen molar-refractivity contribution in [2.24, 2.45) is 7.05 Å². The van der Waals surface area contributed by atoms with Gasteiger partial charge in [-0.2, -0.15) is 10.1 Å². The second-order valence-electron chi connectivity index (χ2n) is 4.99. The zero-order valence-electron chi connectivity index (χ0n) is 12.0. The molecule has 0 radical (unpaired) electrons. The molecule has 1 aliphatic rings. The van der Waals surface area contributed by atoms with E-state index in [4.69, 9.17) is 0 Å². The highest BCUT2D eigenvalue weighted by molar-refractivity contribution is 9.10. The molecule has 0 saturated carbocycles. The van der Waals surface area contributed by atoms with Gasteiger partial charge in [0.15, 0.2) is 5.82 Å². The molecule has 22 heavy (non-hydrogen) atoms. The minimum absolute atomic E-state index is 0. The Bertz CT molecular complexity index is 653. The van der Waals surface area contributed by atoms with Crippen molar-refractivity contribution in [1.82, 2.24) is 20.1 Å². The molecule has 1 fully saturated rings. The molecule has 2 aromatic heterocycles. The number of piperidine rings is 1. The van der Waals surface area contributed by atoms with Crippen LogP contribution in [0.3, 0.4) is 0 Å². The lowest BCUT2D eigenvalue weighted by atomic mass is 9.98. The van der Waals surface area contributed by atoms with Gasteiger partial charge in [-0.1, -0.05) is 0 Å². The van der Waals surface area contributed by atoms with Gasteiger partial charge in [0, 0.05) is 17.4 Å². The molecular weight excluding hydrogens is 390 g/mol. The molecule has 0 spiro atoms. The molecule has 0 unspecified atom stereocenters. The Morgan fingerprint density at radius 3 is 2.86 bits per heavy atom. The SMILES string of the molecule is Cl.Cn1nc(C2CCNCC2)nc1NC(=O)c1sccc1Br. The summed E-state index contributed by atoms with van der Waals surface area (Å²) >= 11 is 4.76. The van der Waals surface area contributed by atoms with E-state index in [1.54, 1.807) is 11.7 Å². The van der Waals surface area contributed by atoms with Gasteiger partial charge in [-0.3, -0.25) is 10.1 Å². The van der Waals surface area contributed by atoms with Crippen molar-refractivity contribution in [3.8, 4) is 0 Å².